The van der Waals surface area contributed by atoms with Crippen LogP contribution < -0.4 is 5.32 Å². The fraction of sp³-hybridized carbons (Fsp3) is 0.250. The molecule has 0 saturated heterocycles. The minimum absolute atomic E-state index is 0.0108. The van der Waals surface area contributed by atoms with Gasteiger partial charge in [-0.2, -0.15) is 13.2 Å². The highest BCUT2D eigenvalue weighted by Gasteiger charge is 2.34. The third kappa shape index (κ3) is 4.42. The van der Waals surface area contributed by atoms with Crippen LogP contribution in [0.1, 0.15) is 32.5 Å². The average Bonchev–Trinajstić information content (AvgIpc) is 3.05. The lowest BCUT2D eigenvalue weighted by Crippen LogP contribution is -2.29. The van der Waals surface area contributed by atoms with Gasteiger partial charge in [-0.3, -0.25) is 4.79 Å². The number of carbonyl (C=O) groups is 1. The molecule has 9 heteroatoms. The number of alkyl halides is 3. The van der Waals surface area contributed by atoms with E-state index in [2.05, 4.69) is 5.32 Å². The van der Waals surface area contributed by atoms with Crippen LogP contribution in [0.3, 0.4) is 0 Å². The number of methoxy groups -OCH3 is 1. The Morgan fingerprint density at radius 3 is 2.62 bits per heavy atom. The van der Waals surface area contributed by atoms with Gasteiger partial charge < -0.3 is 15.2 Å². The second-order valence-corrected chi connectivity index (χ2v) is 7.32. The van der Waals surface area contributed by atoms with Crippen molar-refractivity contribution in [3.8, 4) is 0 Å². The van der Waals surface area contributed by atoms with Gasteiger partial charge in [-0.15, -0.1) is 11.3 Å². The van der Waals surface area contributed by atoms with E-state index in [1.165, 1.54) is 31.4 Å². The van der Waals surface area contributed by atoms with Crippen LogP contribution in [0.5, 0.6) is 0 Å². The van der Waals surface area contributed by atoms with Crippen LogP contribution >= 0.6 is 11.3 Å². The van der Waals surface area contributed by atoms with E-state index in [-0.39, 0.29) is 22.4 Å². The molecule has 0 saturated carbocycles. The lowest BCUT2D eigenvalue weighted by atomic mass is 10.0. The van der Waals surface area contributed by atoms with E-state index in [4.69, 9.17) is 4.74 Å². The molecule has 0 spiro atoms. The summed E-state index contributed by atoms with van der Waals surface area (Å²) >= 11 is 1.05. The Bertz CT molecular complexity index is 1030. The predicted molar refractivity (Wildman–Crippen MR) is 101 cm³/mol. The van der Waals surface area contributed by atoms with Crippen LogP contribution in [0.2, 0.25) is 0 Å². The van der Waals surface area contributed by atoms with E-state index < -0.39 is 36.1 Å². The van der Waals surface area contributed by atoms with Crippen molar-refractivity contribution in [2.75, 3.05) is 13.7 Å². The molecular weight excluding hydrogens is 410 g/mol. The first-order chi connectivity index (χ1) is 13.7. The topological polar surface area (TPSA) is 58.6 Å². The fourth-order valence-corrected chi connectivity index (χ4v) is 4.20. The van der Waals surface area contributed by atoms with Crippen molar-refractivity contribution < 1.29 is 32.2 Å². The molecule has 0 radical (unpaired) electrons. The fourth-order valence-electron chi connectivity index (χ4n) is 3.06. The third-order valence-corrected chi connectivity index (χ3v) is 5.54. The first-order valence-electron chi connectivity index (χ1n) is 8.55. The second-order valence-electron chi connectivity index (χ2n) is 6.27. The van der Waals surface area contributed by atoms with Crippen LogP contribution in [-0.4, -0.2) is 24.7 Å². The average molecular weight is 427 g/mol. The third-order valence-electron chi connectivity index (χ3n) is 4.34. The molecule has 1 heterocycles. The molecule has 1 amide bonds. The number of halogens is 4. The summed E-state index contributed by atoms with van der Waals surface area (Å²) in [4.78, 5) is 12.8. The zero-order valence-corrected chi connectivity index (χ0v) is 16.0. The van der Waals surface area contributed by atoms with Gasteiger partial charge in [0.15, 0.2) is 0 Å². The van der Waals surface area contributed by atoms with E-state index in [0.717, 1.165) is 23.5 Å². The summed E-state index contributed by atoms with van der Waals surface area (Å²) in [5, 5.41) is 12.9. The summed E-state index contributed by atoms with van der Waals surface area (Å²) in [6.07, 6.45) is -6.19. The maximum Gasteiger partial charge on any atom is 0.416 e. The van der Waals surface area contributed by atoms with Crippen molar-refractivity contribution in [3.63, 3.8) is 0 Å². The van der Waals surface area contributed by atoms with Gasteiger partial charge in [0.2, 0.25) is 0 Å². The summed E-state index contributed by atoms with van der Waals surface area (Å²) in [5.74, 6) is -1.12. The van der Waals surface area contributed by atoms with Crippen LogP contribution in [0, 0.1) is 5.82 Å². The Labute approximate surface area is 167 Å². The maximum atomic E-state index is 14.2. The number of amides is 1. The molecule has 29 heavy (non-hydrogen) atoms. The maximum absolute atomic E-state index is 14.2. The number of aliphatic hydroxyl groups excluding tert-OH is 1. The quantitative estimate of drug-likeness (QED) is 0.562. The van der Waals surface area contributed by atoms with Crippen LogP contribution in [0.25, 0.3) is 10.1 Å². The Morgan fingerprint density at radius 1 is 1.21 bits per heavy atom. The Kier molecular flexibility index (Phi) is 6.21. The first kappa shape index (κ1) is 21.2. The summed E-state index contributed by atoms with van der Waals surface area (Å²) < 4.78 is 59.2. The minimum Gasteiger partial charge on any atom is -0.387 e. The number of aliphatic hydroxyl groups is 1. The standard InChI is InChI=1S/C20H17F4NO3S/c1-28-10-12-17-14(21)7-4-8-16(17)29-18(12)19(27)25-9-15(26)11-5-2-3-6-13(11)20(22,23)24/h2-8,15,26H,9-10H2,1H3,(H,25,27). The van der Waals surface area contributed by atoms with E-state index in [0.29, 0.717) is 10.3 Å². The molecule has 1 unspecified atom stereocenters. The van der Waals surface area contributed by atoms with Crippen molar-refractivity contribution in [3.05, 3.63) is 69.8 Å². The van der Waals surface area contributed by atoms with E-state index in [9.17, 15) is 27.5 Å². The number of nitrogens with one attached hydrogen (secondary N) is 1. The molecular formula is C20H17F4NO3S. The van der Waals surface area contributed by atoms with E-state index in [1.807, 2.05) is 0 Å². The number of rotatable bonds is 6. The number of fused-ring (bicyclic) bond motifs is 1. The van der Waals surface area contributed by atoms with Crippen molar-refractivity contribution in [2.45, 2.75) is 18.9 Å². The number of hydrogen-bond donors (Lipinski definition) is 2. The Morgan fingerprint density at radius 2 is 1.93 bits per heavy atom. The molecule has 154 valence electrons. The minimum atomic E-state index is -4.63. The van der Waals surface area contributed by atoms with Crippen molar-refractivity contribution >= 4 is 27.3 Å². The molecule has 3 rings (SSSR count). The monoisotopic (exact) mass is 427 g/mol. The summed E-state index contributed by atoms with van der Waals surface area (Å²) in [6, 6.07) is 9.07. The Hall–Kier alpha value is -2.49. The molecule has 0 aliphatic carbocycles. The number of ether oxygens (including phenoxy) is 1. The molecule has 0 fully saturated rings. The van der Waals surface area contributed by atoms with E-state index >= 15 is 0 Å². The molecule has 1 atom stereocenters. The van der Waals surface area contributed by atoms with Gasteiger partial charge in [0.25, 0.3) is 5.91 Å². The number of benzene rings is 2. The second kappa shape index (κ2) is 8.48. The van der Waals surface area contributed by atoms with Gasteiger partial charge in [-0.05, 0) is 23.8 Å². The summed E-state index contributed by atoms with van der Waals surface area (Å²) in [7, 11) is 1.41. The number of hydrogen-bond acceptors (Lipinski definition) is 4. The van der Waals surface area contributed by atoms with Crippen molar-refractivity contribution in [1.82, 2.24) is 5.32 Å². The highest BCUT2D eigenvalue weighted by molar-refractivity contribution is 7.21. The predicted octanol–water partition coefficient (Wildman–Crippen LogP) is 4.67. The van der Waals surface area contributed by atoms with E-state index in [1.54, 1.807) is 6.07 Å². The van der Waals surface area contributed by atoms with Gasteiger partial charge in [-0.25, -0.2) is 4.39 Å². The van der Waals surface area contributed by atoms with Gasteiger partial charge in [-0.1, -0.05) is 24.3 Å². The summed E-state index contributed by atoms with van der Waals surface area (Å²) in [5.41, 5.74) is -0.946. The van der Waals surface area contributed by atoms with Crippen molar-refractivity contribution in [2.24, 2.45) is 0 Å². The zero-order valence-electron chi connectivity index (χ0n) is 15.2. The van der Waals surface area contributed by atoms with Gasteiger partial charge in [0.1, 0.15) is 5.82 Å². The van der Waals surface area contributed by atoms with Crippen molar-refractivity contribution in [1.29, 1.82) is 0 Å². The molecule has 2 aromatic carbocycles. The summed E-state index contributed by atoms with van der Waals surface area (Å²) in [6.45, 7) is -0.446. The smallest absolute Gasteiger partial charge is 0.387 e. The zero-order chi connectivity index (χ0) is 21.2. The molecule has 3 aromatic rings. The largest absolute Gasteiger partial charge is 0.416 e. The van der Waals surface area contributed by atoms with Crippen LogP contribution in [0.15, 0.2) is 42.5 Å². The first-order valence-corrected chi connectivity index (χ1v) is 9.37. The molecule has 4 nitrogen and oxygen atoms in total. The number of thiophene rings is 1. The van der Waals surface area contributed by atoms with Gasteiger partial charge >= 0.3 is 6.18 Å². The lowest BCUT2D eigenvalue weighted by molar-refractivity contribution is -0.139. The molecule has 1 aromatic heterocycles. The number of carbonyl (C=O) groups excluding carboxylic acids is 1. The lowest BCUT2D eigenvalue weighted by Gasteiger charge is -2.18. The molecule has 0 bridgehead atoms. The highest BCUT2D eigenvalue weighted by Crippen LogP contribution is 2.35. The van der Waals surface area contributed by atoms with Crippen LogP contribution in [-0.2, 0) is 17.5 Å². The SMILES string of the molecule is COCc1c(C(=O)NCC(O)c2ccccc2C(F)(F)F)sc2cccc(F)c12. The Balaban J connectivity index is 1.83. The van der Waals surface area contributed by atoms with Gasteiger partial charge in [0, 0.05) is 29.3 Å². The normalized spacial score (nSPS) is 12.9. The molecule has 0 aliphatic rings. The van der Waals surface area contributed by atoms with Crippen LogP contribution in [0.4, 0.5) is 17.6 Å². The molecule has 0 aliphatic heterocycles. The molecule has 2 N–H and O–H groups in total. The highest BCUT2D eigenvalue weighted by atomic mass is 32.1. The van der Waals surface area contributed by atoms with Gasteiger partial charge in [0.05, 0.1) is 23.2 Å².